The molecule has 0 radical (unpaired) electrons. The molecular weight excluding hydrogens is 232 g/mol. The molecule has 0 aromatic carbocycles. The maximum Gasteiger partial charge on any atom is 0.270 e. The van der Waals surface area contributed by atoms with E-state index < -0.39 is 0 Å². The Hall–Kier alpha value is -2.88. The first-order valence-electron chi connectivity index (χ1n) is 5.13. The molecule has 0 fully saturated rings. The number of anilines is 1. The summed E-state index contributed by atoms with van der Waals surface area (Å²) in [6.45, 7) is 0.267. The van der Waals surface area contributed by atoms with Crippen molar-refractivity contribution in [1.29, 1.82) is 5.26 Å². The van der Waals surface area contributed by atoms with E-state index in [9.17, 15) is 4.79 Å². The molecule has 0 aliphatic heterocycles. The molecule has 0 spiro atoms. The Kier molecular flexibility index (Phi) is 3.20. The van der Waals surface area contributed by atoms with Crippen LogP contribution in [0.25, 0.3) is 0 Å². The van der Waals surface area contributed by atoms with Gasteiger partial charge in [0.2, 0.25) is 0 Å². The van der Waals surface area contributed by atoms with E-state index in [1.165, 1.54) is 18.3 Å². The van der Waals surface area contributed by atoms with Gasteiger partial charge in [-0.3, -0.25) is 9.89 Å². The maximum absolute atomic E-state index is 11.7. The SMILES string of the molecule is N#Cc1ccc(C(=O)NCc2cn[nH]c2N)nc1. The molecule has 0 unspecified atom stereocenters. The third-order valence-corrected chi connectivity index (χ3v) is 2.32. The Morgan fingerprint density at radius 2 is 2.33 bits per heavy atom. The molecule has 2 heterocycles. The number of carbonyl (C=O) groups excluding carboxylic acids is 1. The molecule has 7 nitrogen and oxygen atoms in total. The lowest BCUT2D eigenvalue weighted by Crippen LogP contribution is -2.24. The summed E-state index contributed by atoms with van der Waals surface area (Å²) in [6.07, 6.45) is 2.89. The second-order valence-corrected chi connectivity index (χ2v) is 3.54. The lowest BCUT2D eigenvalue weighted by Gasteiger charge is -2.03. The number of H-pyrrole nitrogens is 1. The second-order valence-electron chi connectivity index (χ2n) is 3.54. The molecule has 2 aromatic heterocycles. The fourth-order valence-corrected chi connectivity index (χ4v) is 1.32. The fourth-order valence-electron chi connectivity index (χ4n) is 1.32. The van der Waals surface area contributed by atoms with E-state index in [2.05, 4.69) is 20.5 Å². The van der Waals surface area contributed by atoms with Gasteiger partial charge in [-0.1, -0.05) is 0 Å². The largest absolute Gasteiger partial charge is 0.384 e. The third-order valence-electron chi connectivity index (χ3n) is 2.32. The van der Waals surface area contributed by atoms with Crippen molar-refractivity contribution in [3.05, 3.63) is 41.3 Å². The van der Waals surface area contributed by atoms with Crippen LogP contribution in [0, 0.1) is 11.3 Å². The monoisotopic (exact) mass is 242 g/mol. The van der Waals surface area contributed by atoms with Gasteiger partial charge in [-0.05, 0) is 12.1 Å². The van der Waals surface area contributed by atoms with Gasteiger partial charge in [0.15, 0.2) is 0 Å². The molecular formula is C11H10N6O. The summed E-state index contributed by atoms with van der Waals surface area (Å²) in [5, 5.41) is 17.6. The minimum Gasteiger partial charge on any atom is -0.384 e. The number of nitrogens with two attached hydrogens (primary N) is 1. The zero-order valence-corrected chi connectivity index (χ0v) is 9.34. The Labute approximate surface area is 103 Å². The van der Waals surface area contributed by atoms with E-state index in [1.54, 1.807) is 6.20 Å². The smallest absolute Gasteiger partial charge is 0.270 e. The van der Waals surface area contributed by atoms with Crippen molar-refractivity contribution in [2.75, 3.05) is 5.73 Å². The first kappa shape index (κ1) is 11.6. The van der Waals surface area contributed by atoms with Crippen LogP contribution in [0.2, 0.25) is 0 Å². The van der Waals surface area contributed by atoms with E-state index in [-0.39, 0.29) is 18.1 Å². The van der Waals surface area contributed by atoms with Gasteiger partial charge in [-0.2, -0.15) is 10.4 Å². The van der Waals surface area contributed by atoms with Crippen LogP contribution >= 0.6 is 0 Å². The molecule has 4 N–H and O–H groups in total. The van der Waals surface area contributed by atoms with Gasteiger partial charge >= 0.3 is 0 Å². The number of aromatic amines is 1. The Morgan fingerprint density at radius 1 is 1.50 bits per heavy atom. The summed E-state index contributed by atoms with van der Waals surface area (Å²) in [4.78, 5) is 15.6. The van der Waals surface area contributed by atoms with Gasteiger partial charge in [0, 0.05) is 18.3 Å². The number of amides is 1. The Balaban J connectivity index is 2.00. The summed E-state index contributed by atoms with van der Waals surface area (Å²) in [5.74, 6) is 0.0863. The summed E-state index contributed by atoms with van der Waals surface area (Å²) < 4.78 is 0. The van der Waals surface area contributed by atoms with Crippen LogP contribution in [0.3, 0.4) is 0 Å². The number of nitriles is 1. The summed E-state index contributed by atoms with van der Waals surface area (Å²) >= 11 is 0. The number of nitrogens with zero attached hydrogens (tertiary/aromatic N) is 3. The van der Waals surface area contributed by atoms with Gasteiger partial charge in [0.25, 0.3) is 5.91 Å². The highest BCUT2D eigenvalue weighted by Crippen LogP contribution is 2.05. The molecule has 2 aromatic rings. The zero-order valence-electron chi connectivity index (χ0n) is 9.34. The zero-order chi connectivity index (χ0) is 13.0. The predicted molar refractivity (Wildman–Crippen MR) is 63.1 cm³/mol. The van der Waals surface area contributed by atoms with Gasteiger partial charge < -0.3 is 11.1 Å². The van der Waals surface area contributed by atoms with Crippen LogP contribution in [-0.4, -0.2) is 21.1 Å². The molecule has 0 aliphatic rings. The maximum atomic E-state index is 11.7. The van der Waals surface area contributed by atoms with Crippen LogP contribution in [0.1, 0.15) is 21.6 Å². The van der Waals surface area contributed by atoms with Crippen LogP contribution in [0.15, 0.2) is 24.5 Å². The average Bonchev–Trinajstić information content (AvgIpc) is 2.81. The third kappa shape index (κ3) is 2.44. The number of hydrogen-bond acceptors (Lipinski definition) is 5. The first-order chi connectivity index (χ1) is 8.70. The summed E-state index contributed by atoms with van der Waals surface area (Å²) in [7, 11) is 0. The lowest BCUT2D eigenvalue weighted by atomic mass is 10.2. The van der Waals surface area contributed by atoms with Crippen molar-refractivity contribution in [3.8, 4) is 6.07 Å². The van der Waals surface area contributed by atoms with Gasteiger partial charge in [0.1, 0.15) is 17.6 Å². The van der Waals surface area contributed by atoms with Crippen LogP contribution in [0.4, 0.5) is 5.82 Å². The molecule has 2 rings (SSSR count). The highest BCUT2D eigenvalue weighted by molar-refractivity contribution is 5.92. The number of aromatic nitrogens is 3. The molecule has 0 aliphatic carbocycles. The number of pyridine rings is 1. The summed E-state index contributed by atoms with van der Waals surface area (Å²) in [6, 6.07) is 4.96. The van der Waals surface area contributed by atoms with Crippen molar-refractivity contribution in [1.82, 2.24) is 20.5 Å². The fraction of sp³-hybridized carbons (Fsp3) is 0.0909. The Bertz CT molecular complexity index is 595. The average molecular weight is 242 g/mol. The van der Waals surface area contributed by atoms with E-state index in [4.69, 9.17) is 11.0 Å². The van der Waals surface area contributed by atoms with E-state index in [1.807, 2.05) is 6.07 Å². The standard InChI is InChI=1S/C11H10N6O/c12-3-7-1-2-9(14-4-7)11(18)15-5-8-6-16-17-10(8)13/h1-2,4,6H,5H2,(H,15,18)(H3,13,16,17). The molecule has 1 amide bonds. The number of nitrogen functional groups attached to an aromatic ring is 1. The van der Waals surface area contributed by atoms with Crippen LogP contribution in [0.5, 0.6) is 0 Å². The van der Waals surface area contributed by atoms with Gasteiger partial charge in [0.05, 0.1) is 11.8 Å². The number of rotatable bonds is 3. The van der Waals surface area contributed by atoms with Crippen molar-refractivity contribution in [2.45, 2.75) is 6.54 Å². The van der Waals surface area contributed by atoms with E-state index in [0.29, 0.717) is 16.9 Å². The number of hydrogen-bond donors (Lipinski definition) is 3. The van der Waals surface area contributed by atoms with Gasteiger partial charge in [-0.15, -0.1) is 0 Å². The van der Waals surface area contributed by atoms with Crippen molar-refractivity contribution in [3.63, 3.8) is 0 Å². The first-order valence-corrected chi connectivity index (χ1v) is 5.13. The minimum atomic E-state index is -0.333. The molecule has 18 heavy (non-hydrogen) atoms. The molecule has 0 atom stereocenters. The quantitative estimate of drug-likeness (QED) is 0.709. The molecule has 0 saturated heterocycles. The molecule has 90 valence electrons. The normalized spacial score (nSPS) is 9.72. The predicted octanol–water partition coefficient (Wildman–Crippen LogP) is 0.189. The second kappa shape index (κ2) is 4.97. The number of carbonyl (C=O) groups is 1. The van der Waals surface area contributed by atoms with Gasteiger partial charge in [-0.25, -0.2) is 4.98 Å². The molecule has 7 heteroatoms. The van der Waals surface area contributed by atoms with Crippen molar-refractivity contribution in [2.24, 2.45) is 0 Å². The lowest BCUT2D eigenvalue weighted by molar-refractivity contribution is 0.0946. The van der Waals surface area contributed by atoms with Crippen molar-refractivity contribution < 1.29 is 4.79 Å². The molecule has 0 bridgehead atoms. The van der Waals surface area contributed by atoms with E-state index >= 15 is 0 Å². The topological polar surface area (TPSA) is 120 Å². The Morgan fingerprint density at radius 3 is 2.89 bits per heavy atom. The highest BCUT2D eigenvalue weighted by Gasteiger charge is 2.08. The van der Waals surface area contributed by atoms with Crippen molar-refractivity contribution >= 4 is 11.7 Å². The van der Waals surface area contributed by atoms with Crippen LogP contribution in [-0.2, 0) is 6.54 Å². The minimum absolute atomic E-state index is 0.246. The highest BCUT2D eigenvalue weighted by atomic mass is 16.1. The number of nitrogens with one attached hydrogen (secondary N) is 2. The van der Waals surface area contributed by atoms with E-state index in [0.717, 1.165) is 0 Å². The summed E-state index contributed by atoms with van der Waals surface area (Å²) in [5.41, 5.74) is 6.94. The van der Waals surface area contributed by atoms with Crippen LogP contribution < -0.4 is 11.1 Å². The molecule has 0 saturated carbocycles.